The maximum absolute atomic E-state index is 12.3. The van der Waals surface area contributed by atoms with Crippen molar-refractivity contribution in [3.05, 3.63) is 29.8 Å². The Bertz CT molecular complexity index is 464. The maximum Gasteiger partial charge on any atom is 0.254 e. The molecule has 2 rings (SSSR count). The van der Waals surface area contributed by atoms with Crippen LogP contribution in [0.15, 0.2) is 24.3 Å². The summed E-state index contributed by atoms with van der Waals surface area (Å²) in [5, 5.41) is 2.75. The van der Waals surface area contributed by atoms with Gasteiger partial charge in [0.15, 0.2) is 0 Å². The van der Waals surface area contributed by atoms with Crippen molar-refractivity contribution < 1.29 is 9.59 Å². The quantitative estimate of drug-likeness (QED) is 0.696. The highest BCUT2D eigenvalue weighted by molar-refractivity contribution is 7.81. The molecular weight excluding hydrogens is 250 g/mol. The lowest BCUT2D eigenvalue weighted by Crippen LogP contribution is -2.34. The van der Waals surface area contributed by atoms with Gasteiger partial charge in [-0.1, -0.05) is 18.9 Å². The normalized spacial score (nSPS) is 15.8. The number of nitrogens with zero attached hydrogens (tertiary/aromatic N) is 1. The highest BCUT2D eigenvalue weighted by Crippen LogP contribution is 2.14. The molecule has 0 atom stereocenters. The molecule has 0 unspecified atom stereocenters. The zero-order valence-corrected chi connectivity index (χ0v) is 10.7. The van der Waals surface area contributed by atoms with Crippen molar-refractivity contribution in [3.8, 4) is 0 Å². The second kappa shape index (κ2) is 5.77. The predicted molar refractivity (Wildman–Crippen MR) is 72.6 cm³/mol. The van der Waals surface area contributed by atoms with Gasteiger partial charge in [-0.25, -0.2) is 0 Å². The van der Waals surface area contributed by atoms with Gasteiger partial charge in [0, 0.05) is 37.3 Å². The van der Waals surface area contributed by atoms with Crippen LogP contribution in [0, 0.1) is 0 Å². The Balaban J connectivity index is 2.12. The lowest BCUT2D eigenvalue weighted by Gasteiger charge is -2.19. The second-order valence-corrected chi connectivity index (χ2v) is 4.31. The zero-order valence-electron chi connectivity index (χ0n) is 9.85. The van der Waals surface area contributed by atoms with Crippen LogP contribution in [-0.4, -0.2) is 36.3 Å². The smallest absolute Gasteiger partial charge is 0.254 e. The first kappa shape index (κ1) is 12.8. The van der Waals surface area contributed by atoms with Crippen LogP contribution in [0.1, 0.15) is 16.8 Å². The fourth-order valence-electron chi connectivity index (χ4n) is 1.87. The van der Waals surface area contributed by atoms with Crippen molar-refractivity contribution >= 4 is 30.3 Å². The molecule has 18 heavy (non-hydrogen) atoms. The number of rotatable bonds is 2. The topological polar surface area (TPSA) is 61.4 Å². The highest BCUT2D eigenvalue weighted by atomic mass is 32.1. The van der Waals surface area contributed by atoms with E-state index in [1.165, 1.54) is 0 Å². The van der Waals surface area contributed by atoms with E-state index in [0.717, 1.165) is 5.69 Å². The molecule has 0 saturated carbocycles. The van der Waals surface area contributed by atoms with Gasteiger partial charge in [-0.3, -0.25) is 9.59 Å². The van der Waals surface area contributed by atoms with Crippen LogP contribution >= 0.6 is 12.8 Å². The molecule has 0 bridgehead atoms. The summed E-state index contributed by atoms with van der Waals surface area (Å²) in [6.07, 6.45) is 0.357. The lowest BCUT2D eigenvalue weighted by atomic mass is 10.1. The molecule has 0 spiro atoms. The van der Waals surface area contributed by atoms with Gasteiger partial charge in [-0.2, -0.15) is 0 Å². The standard InChI is InChI=1S/C12H15N3O2S/c16-11-4-6-15(7-5-13-11)12(17)9-2-1-3-10(8-9)14-18/h1-3,8,14,18H,4-7H2,(H,13,16). The summed E-state index contributed by atoms with van der Waals surface area (Å²) in [6, 6.07) is 7.14. The van der Waals surface area contributed by atoms with E-state index < -0.39 is 0 Å². The monoisotopic (exact) mass is 265 g/mol. The van der Waals surface area contributed by atoms with Crippen molar-refractivity contribution in [2.75, 3.05) is 24.4 Å². The van der Waals surface area contributed by atoms with Crippen LogP contribution in [0.2, 0.25) is 0 Å². The van der Waals surface area contributed by atoms with E-state index in [9.17, 15) is 9.59 Å². The van der Waals surface area contributed by atoms with Crippen molar-refractivity contribution in [1.29, 1.82) is 0 Å². The lowest BCUT2D eigenvalue weighted by molar-refractivity contribution is -0.120. The first-order valence-corrected chi connectivity index (χ1v) is 6.21. The minimum atomic E-state index is -0.0584. The number of hydrogen-bond acceptors (Lipinski definition) is 4. The summed E-state index contributed by atoms with van der Waals surface area (Å²) in [5.74, 6) is -0.0620. The van der Waals surface area contributed by atoms with Gasteiger partial charge in [0.05, 0.1) is 0 Å². The van der Waals surface area contributed by atoms with E-state index >= 15 is 0 Å². The Kier molecular flexibility index (Phi) is 4.09. The van der Waals surface area contributed by atoms with Crippen LogP contribution in [-0.2, 0) is 4.79 Å². The van der Waals surface area contributed by atoms with E-state index in [0.29, 0.717) is 31.6 Å². The summed E-state index contributed by atoms with van der Waals surface area (Å²) >= 11 is 3.95. The molecule has 1 aliphatic rings. The second-order valence-electron chi connectivity index (χ2n) is 4.08. The zero-order chi connectivity index (χ0) is 13.0. The summed E-state index contributed by atoms with van der Waals surface area (Å²) in [7, 11) is 0. The molecule has 1 aliphatic heterocycles. The van der Waals surface area contributed by atoms with E-state index in [1.54, 1.807) is 23.1 Å². The Morgan fingerprint density at radius 3 is 3.00 bits per heavy atom. The Morgan fingerprint density at radius 1 is 1.39 bits per heavy atom. The molecule has 2 N–H and O–H groups in total. The number of carbonyl (C=O) groups excluding carboxylic acids is 2. The molecule has 1 aromatic carbocycles. The predicted octanol–water partition coefficient (Wildman–Crippen LogP) is 0.905. The van der Waals surface area contributed by atoms with E-state index in [2.05, 4.69) is 22.9 Å². The molecule has 0 aliphatic carbocycles. The highest BCUT2D eigenvalue weighted by Gasteiger charge is 2.19. The fraction of sp³-hybridized carbons (Fsp3) is 0.333. The number of benzene rings is 1. The van der Waals surface area contributed by atoms with Gasteiger partial charge in [-0.15, -0.1) is 0 Å². The fourth-order valence-corrected chi connectivity index (χ4v) is 2.01. The third kappa shape index (κ3) is 2.95. The van der Waals surface area contributed by atoms with E-state index in [-0.39, 0.29) is 11.8 Å². The minimum absolute atomic E-state index is 0.00363. The Morgan fingerprint density at radius 2 is 2.22 bits per heavy atom. The van der Waals surface area contributed by atoms with Gasteiger partial charge < -0.3 is 14.9 Å². The van der Waals surface area contributed by atoms with Crippen LogP contribution in [0.4, 0.5) is 5.69 Å². The van der Waals surface area contributed by atoms with Crippen molar-refractivity contribution in [2.24, 2.45) is 0 Å². The van der Waals surface area contributed by atoms with Gasteiger partial charge >= 0.3 is 0 Å². The summed E-state index contributed by atoms with van der Waals surface area (Å²) in [6.45, 7) is 1.52. The SMILES string of the molecule is O=C1CCN(C(=O)c2cccc(NS)c2)CCN1. The van der Waals surface area contributed by atoms with Crippen molar-refractivity contribution in [2.45, 2.75) is 6.42 Å². The largest absolute Gasteiger partial charge is 0.354 e. The van der Waals surface area contributed by atoms with Gasteiger partial charge in [0.2, 0.25) is 5.91 Å². The van der Waals surface area contributed by atoms with E-state index in [1.807, 2.05) is 6.07 Å². The van der Waals surface area contributed by atoms with Crippen LogP contribution < -0.4 is 10.0 Å². The van der Waals surface area contributed by atoms with Crippen molar-refractivity contribution in [1.82, 2.24) is 10.2 Å². The molecule has 1 aromatic rings. The third-order valence-corrected chi connectivity index (χ3v) is 3.10. The van der Waals surface area contributed by atoms with Gasteiger partial charge in [0.25, 0.3) is 5.91 Å². The number of thiol groups is 1. The number of carbonyl (C=O) groups is 2. The molecule has 2 amide bonds. The average molecular weight is 265 g/mol. The first-order valence-electron chi connectivity index (χ1n) is 5.77. The molecule has 96 valence electrons. The molecule has 1 heterocycles. The molecule has 1 saturated heterocycles. The first-order chi connectivity index (χ1) is 8.70. The Hall–Kier alpha value is -1.69. The molecule has 0 radical (unpaired) electrons. The summed E-state index contributed by atoms with van der Waals surface area (Å²) in [4.78, 5) is 25.2. The minimum Gasteiger partial charge on any atom is -0.354 e. The summed E-state index contributed by atoms with van der Waals surface area (Å²) in [5.41, 5.74) is 1.37. The Labute approximate surface area is 111 Å². The number of hydrogen-bond donors (Lipinski definition) is 3. The summed E-state index contributed by atoms with van der Waals surface area (Å²) < 4.78 is 2.70. The molecule has 5 nitrogen and oxygen atoms in total. The van der Waals surface area contributed by atoms with Crippen LogP contribution in [0.5, 0.6) is 0 Å². The average Bonchev–Trinajstić information content (AvgIpc) is 2.63. The van der Waals surface area contributed by atoms with E-state index in [4.69, 9.17) is 0 Å². The maximum atomic E-state index is 12.3. The van der Waals surface area contributed by atoms with Crippen LogP contribution in [0.3, 0.4) is 0 Å². The number of amides is 2. The third-order valence-electron chi connectivity index (χ3n) is 2.84. The van der Waals surface area contributed by atoms with Gasteiger partial charge in [-0.05, 0) is 18.2 Å². The molecule has 0 aromatic heterocycles. The van der Waals surface area contributed by atoms with Gasteiger partial charge in [0.1, 0.15) is 0 Å². The number of anilines is 1. The molecule has 6 heteroatoms. The van der Waals surface area contributed by atoms with Crippen molar-refractivity contribution in [3.63, 3.8) is 0 Å². The molecular formula is C12H15N3O2S. The molecule has 1 fully saturated rings. The number of nitrogens with one attached hydrogen (secondary N) is 2. The van der Waals surface area contributed by atoms with Crippen LogP contribution in [0.25, 0.3) is 0 Å².